The Morgan fingerprint density at radius 1 is 1.12 bits per heavy atom. The molecule has 2 N–H and O–H groups in total. The molecule has 0 spiro atoms. The smallest absolute Gasteiger partial charge is 0.230 e. The molecule has 0 radical (unpaired) electrons. The maximum Gasteiger partial charge on any atom is 0.230 e. The molecule has 11 heteroatoms. The van der Waals surface area contributed by atoms with Crippen molar-refractivity contribution in [2.24, 2.45) is 0 Å². The molecule has 3 fully saturated rings. The van der Waals surface area contributed by atoms with E-state index in [0.29, 0.717) is 54.1 Å². The van der Waals surface area contributed by atoms with Gasteiger partial charge in [0.1, 0.15) is 24.3 Å². The highest BCUT2D eigenvalue weighted by Crippen LogP contribution is 2.29. The highest BCUT2D eigenvalue weighted by molar-refractivity contribution is 5.76. The van der Waals surface area contributed by atoms with Crippen LogP contribution in [0.3, 0.4) is 0 Å². The molecule has 11 nitrogen and oxygen atoms in total. The van der Waals surface area contributed by atoms with Gasteiger partial charge >= 0.3 is 0 Å². The molecular formula is C29H32N8O3. The summed E-state index contributed by atoms with van der Waals surface area (Å²) in [6, 6.07) is 14.4. The van der Waals surface area contributed by atoms with Crippen LogP contribution in [0.4, 0.5) is 17.3 Å². The predicted molar refractivity (Wildman–Crippen MR) is 149 cm³/mol. The first-order valence-corrected chi connectivity index (χ1v) is 13.7. The molecule has 1 amide bonds. The van der Waals surface area contributed by atoms with Crippen molar-refractivity contribution in [3.05, 3.63) is 53.9 Å². The number of aryl methyl sites for hydroxylation is 1. The van der Waals surface area contributed by atoms with Crippen molar-refractivity contribution in [2.75, 3.05) is 56.2 Å². The fourth-order valence-corrected chi connectivity index (χ4v) is 5.32. The van der Waals surface area contributed by atoms with Crippen molar-refractivity contribution in [3.63, 3.8) is 0 Å². The first-order chi connectivity index (χ1) is 19.6. The first-order valence-electron chi connectivity index (χ1n) is 13.7. The highest BCUT2D eigenvalue weighted by atomic mass is 16.5. The highest BCUT2D eigenvalue weighted by Gasteiger charge is 2.29. The number of carbonyl (C=O) groups excluding carboxylic acids is 1. The van der Waals surface area contributed by atoms with Gasteiger partial charge in [-0.05, 0) is 55.3 Å². The molecule has 0 saturated carbocycles. The Balaban J connectivity index is 1.12. The van der Waals surface area contributed by atoms with Gasteiger partial charge < -0.3 is 25.0 Å². The van der Waals surface area contributed by atoms with Crippen molar-refractivity contribution in [2.45, 2.75) is 31.9 Å². The van der Waals surface area contributed by atoms with Crippen molar-refractivity contribution >= 4 is 23.2 Å². The number of nitrogens with one attached hydrogen (secondary N) is 2. The van der Waals surface area contributed by atoms with Gasteiger partial charge in [-0.1, -0.05) is 0 Å². The molecule has 0 bridgehead atoms. The van der Waals surface area contributed by atoms with Crippen LogP contribution >= 0.6 is 0 Å². The lowest BCUT2D eigenvalue weighted by atomic mass is 10.1. The van der Waals surface area contributed by atoms with Gasteiger partial charge in [0, 0.05) is 49.5 Å². The summed E-state index contributed by atoms with van der Waals surface area (Å²) in [4.78, 5) is 29.6. The summed E-state index contributed by atoms with van der Waals surface area (Å²) in [6.07, 6.45) is 2.33. The zero-order valence-electron chi connectivity index (χ0n) is 22.5. The average molecular weight is 541 g/mol. The van der Waals surface area contributed by atoms with Crippen LogP contribution in [-0.2, 0) is 9.53 Å². The quantitative estimate of drug-likeness (QED) is 0.461. The van der Waals surface area contributed by atoms with Gasteiger partial charge in [-0.3, -0.25) is 9.69 Å². The van der Waals surface area contributed by atoms with Gasteiger partial charge in [0.15, 0.2) is 5.82 Å². The van der Waals surface area contributed by atoms with Crippen molar-refractivity contribution in [1.82, 2.24) is 25.2 Å². The lowest BCUT2D eigenvalue weighted by molar-refractivity contribution is -0.123. The second-order valence-corrected chi connectivity index (χ2v) is 10.4. The molecular weight excluding hydrogens is 508 g/mol. The largest absolute Gasteiger partial charge is 0.487 e. The van der Waals surface area contributed by atoms with Crippen LogP contribution in [0.15, 0.2) is 42.7 Å². The predicted octanol–water partition coefficient (Wildman–Crippen LogP) is 2.64. The molecule has 2 aromatic carbocycles. The number of hydrogen-bond acceptors (Lipinski definition) is 10. The fourth-order valence-electron chi connectivity index (χ4n) is 5.32. The number of aromatic nitrogens is 3. The van der Waals surface area contributed by atoms with Crippen LogP contribution in [0.2, 0.25) is 0 Å². The Hall–Kier alpha value is -4.27. The van der Waals surface area contributed by atoms with E-state index in [4.69, 9.17) is 9.47 Å². The van der Waals surface area contributed by atoms with E-state index in [-0.39, 0.29) is 12.0 Å². The van der Waals surface area contributed by atoms with Crippen LogP contribution in [0.1, 0.15) is 24.0 Å². The minimum atomic E-state index is -0.162. The number of ether oxygens (including phenoxy) is 2. The Morgan fingerprint density at radius 2 is 1.98 bits per heavy atom. The summed E-state index contributed by atoms with van der Waals surface area (Å²) in [5.74, 6) is 1.38. The maximum absolute atomic E-state index is 11.4. The lowest BCUT2D eigenvalue weighted by Gasteiger charge is -2.43. The Morgan fingerprint density at radius 3 is 2.67 bits per heavy atom. The standard InChI is InChI=1S/C29H32N8O3/c1-19-12-22(3-5-25(19)37-10-8-36(9-11-37)23-16-39-17-23)34-29-33-18-32-28(35-29)20-2-6-26(21(13-20)14-30)40-24-4-7-27(38)31-15-24/h2-3,5-6,12-13,18,23-24H,4,7-11,15-17H2,1H3,(H,31,38)(H,32,33,34,35)/t24-/m1/s1. The van der Waals surface area contributed by atoms with Crippen LogP contribution < -0.4 is 20.3 Å². The Labute approximate surface area is 233 Å². The van der Waals surface area contributed by atoms with E-state index in [2.05, 4.69) is 60.5 Å². The zero-order chi connectivity index (χ0) is 27.5. The second kappa shape index (κ2) is 11.5. The van der Waals surface area contributed by atoms with Gasteiger partial charge in [0.25, 0.3) is 0 Å². The molecule has 3 aromatic rings. The summed E-state index contributed by atoms with van der Waals surface area (Å²) in [7, 11) is 0. The number of nitriles is 1. The maximum atomic E-state index is 11.4. The number of nitrogens with zero attached hydrogens (tertiary/aromatic N) is 6. The SMILES string of the molecule is Cc1cc(Nc2ncnc(-c3ccc(O[C@@H]4CCC(=O)NC4)c(C#N)c3)n2)ccc1N1CCN(C2COC2)CC1. The third kappa shape index (κ3) is 5.68. The number of anilines is 3. The van der Waals surface area contributed by atoms with Crippen LogP contribution in [0.25, 0.3) is 11.4 Å². The lowest BCUT2D eigenvalue weighted by Crippen LogP contribution is -2.56. The van der Waals surface area contributed by atoms with Gasteiger partial charge in [0.05, 0.1) is 31.4 Å². The molecule has 206 valence electrons. The molecule has 3 aliphatic rings. The van der Waals surface area contributed by atoms with Crippen LogP contribution in [0, 0.1) is 18.3 Å². The summed E-state index contributed by atoms with van der Waals surface area (Å²) in [5, 5.41) is 15.8. The normalized spacial score (nSPS) is 19.9. The molecule has 0 aliphatic carbocycles. The number of hydrogen-bond donors (Lipinski definition) is 2. The molecule has 40 heavy (non-hydrogen) atoms. The van der Waals surface area contributed by atoms with Gasteiger partial charge in [-0.15, -0.1) is 0 Å². The molecule has 0 unspecified atom stereocenters. The van der Waals surface area contributed by atoms with E-state index in [1.807, 2.05) is 12.1 Å². The minimum absolute atomic E-state index is 0.0230. The summed E-state index contributed by atoms with van der Waals surface area (Å²) in [5.41, 5.74) is 4.40. The molecule has 4 heterocycles. The summed E-state index contributed by atoms with van der Waals surface area (Å²) >= 11 is 0. The molecule has 1 aromatic heterocycles. The number of carbonyl (C=O) groups is 1. The molecule has 6 rings (SSSR count). The van der Waals surface area contributed by atoms with E-state index in [1.165, 1.54) is 17.6 Å². The summed E-state index contributed by atoms with van der Waals surface area (Å²) in [6.45, 7) is 8.40. The number of piperidine rings is 1. The van der Waals surface area contributed by atoms with E-state index in [9.17, 15) is 10.1 Å². The molecule has 3 aliphatic heterocycles. The average Bonchev–Trinajstić information content (AvgIpc) is 2.94. The number of benzene rings is 2. The molecule has 1 atom stereocenters. The number of amides is 1. The van der Waals surface area contributed by atoms with Crippen molar-refractivity contribution in [1.29, 1.82) is 5.26 Å². The second-order valence-electron chi connectivity index (χ2n) is 10.4. The van der Waals surface area contributed by atoms with E-state index >= 15 is 0 Å². The monoisotopic (exact) mass is 540 g/mol. The third-order valence-corrected chi connectivity index (χ3v) is 7.69. The van der Waals surface area contributed by atoms with E-state index in [0.717, 1.165) is 45.1 Å². The zero-order valence-corrected chi connectivity index (χ0v) is 22.5. The molecule has 3 saturated heterocycles. The Bertz CT molecular complexity index is 1420. The van der Waals surface area contributed by atoms with Crippen molar-refractivity contribution in [3.8, 4) is 23.2 Å². The van der Waals surface area contributed by atoms with Gasteiger partial charge in [0.2, 0.25) is 11.9 Å². The van der Waals surface area contributed by atoms with E-state index in [1.54, 1.807) is 12.1 Å². The van der Waals surface area contributed by atoms with Gasteiger partial charge in [-0.2, -0.15) is 10.2 Å². The minimum Gasteiger partial charge on any atom is -0.487 e. The van der Waals surface area contributed by atoms with E-state index < -0.39 is 0 Å². The Kier molecular flexibility index (Phi) is 7.44. The van der Waals surface area contributed by atoms with Crippen LogP contribution in [0.5, 0.6) is 5.75 Å². The first kappa shape index (κ1) is 26.0. The number of piperazine rings is 1. The van der Waals surface area contributed by atoms with Crippen molar-refractivity contribution < 1.29 is 14.3 Å². The third-order valence-electron chi connectivity index (χ3n) is 7.69. The fraction of sp³-hybridized carbons (Fsp3) is 0.414. The van der Waals surface area contributed by atoms with Crippen LogP contribution in [-0.4, -0.2) is 83.8 Å². The summed E-state index contributed by atoms with van der Waals surface area (Å²) < 4.78 is 11.3. The van der Waals surface area contributed by atoms with Gasteiger partial charge in [-0.25, -0.2) is 9.97 Å². The topological polar surface area (TPSA) is 129 Å². The number of rotatable bonds is 7.